The van der Waals surface area contributed by atoms with Gasteiger partial charge in [-0.05, 0) is 12.1 Å². The Morgan fingerprint density at radius 1 is 1.43 bits per heavy atom. The molecular weight excluding hydrogens is 180 g/mol. The van der Waals surface area contributed by atoms with Gasteiger partial charge < -0.3 is 14.4 Å². The van der Waals surface area contributed by atoms with Crippen molar-refractivity contribution in [2.45, 2.75) is 0 Å². The summed E-state index contributed by atoms with van der Waals surface area (Å²) in [6, 6.07) is 5.13. The van der Waals surface area contributed by atoms with Gasteiger partial charge in [0.15, 0.2) is 11.5 Å². The highest BCUT2D eigenvalue weighted by Gasteiger charge is 2.02. The van der Waals surface area contributed by atoms with Crippen molar-refractivity contribution in [3.63, 3.8) is 0 Å². The SMILES string of the molecule is COc1cc(-n2ccnc2)ccc1O. The first-order valence-electron chi connectivity index (χ1n) is 4.16. The summed E-state index contributed by atoms with van der Waals surface area (Å²) in [7, 11) is 1.52. The quantitative estimate of drug-likeness (QED) is 0.782. The van der Waals surface area contributed by atoms with Crippen molar-refractivity contribution in [2.75, 3.05) is 7.11 Å². The number of imidazole rings is 1. The summed E-state index contributed by atoms with van der Waals surface area (Å²) in [4.78, 5) is 3.94. The molecule has 0 saturated heterocycles. The molecule has 0 aliphatic rings. The second-order valence-corrected chi connectivity index (χ2v) is 2.83. The van der Waals surface area contributed by atoms with Crippen LogP contribution in [0.25, 0.3) is 5.69 Å². The van der Waals surface area contributed by atoms with Gasteiger partial charge in [0.2, 0.25) is 0 Å². The predicted molar refractivity (Wildman–Crippen MR) is 51.8 cm³/mol. The zero-order valence-electron chi connectivity index (χ0n) is 7.71. The van der Waals surface area contributed by atoms with E-state index in [0.29, 0.717) is 5.75 Å². The highest BCUT2D eigenvalue weighted by molar-refractivity contribution is 5.47. The summed E-state index contributed by atoms with van der Waals surface area (Å²) in [6.45, 7) is 0. The maximum Gasteiger partial charge on any atom is 0.162 e. The molecule has 0 radical (unpaired) electrons. The molecule has 4 heteroatoms. The van der Waals surface area contributed by atoms with Crippen molar-refractivity contribution < 1.29 is 9.84 Å². The van der Waals surface area contributed by atoms with E-state index in [2.05, 4.69) is 4.98 Å². The molecule has 0 amide bonds. The van der Waals surface area contributed by atoms with Gasteiger partial charge in [0.05, 0.1) is 19.1 Å². The first-order valence-corrected chi connectivity index (χ1v) is 4.16. The van der Waals surface area contributed by atoms with Crippen LogP contribution in [0.4, 0.5) is 0 Å². The van der Waals surface area contributed by atoms with Gasteiger partial charge in [0, 0.05) is 18.5 Å². The Morgan fingerprint density at radius 3 is 2.93 bits per heavy atom. The summed E-state index contributed by atoms with van der Waals surface area (Å²) < 4.78 is 6.84. The molecule has 1 aromatic carbocycles. The number of nitrogens with zero attached hydrogens (tertiary/aromatic N) is 2. The lowest BCUT2D eigenvalue weighted by atomic mass is 10.3. The van der Waals surface area contributed by atoms with Crippen LogP contribution in [0.1, 0.15) is 0 Å². The monoisotopic (exact) mass is 190 g/mol. The second kappa shape index (κ2) is 3.41. The number of aromatic hydroxyl groups is 1. The molecule has 2 aromatic rings. The largest absolute Gasteiger partial charge is 0.504 e. The number of benzene rings is 1. The standard InChI is InChI=1S/C10H10N2O2/c1-14-10-6-8(2-3-9(10)13)12-5-4-11-7-12/h2-7,13H,1H3. The lowest BCUT2D eigenvalue weighted by Gasteiger charge is -2.06. The minimum absolute atomic E-state index is 0.136. The fourth-order valence-corrected chi connectivity index (χ4v) is 1.24. The van der Waals surface area contributed by atoms with E-state index in [-0.39, 0.29) is 5.75 Å². The van der Waals surface area contributed by atoms with Crippen LogP contribution in [0, 0.1) is 0 Å². The Labute approximate surface area is 81.4 Å². The number of aromatic nitrogens is 2. The van der Waals surface area contributed by atoms with Gasteiger partial charge in [-0.3, -0.25) is 0 Å². The van der Waals surface area contributed by atoms with Gasteiger partial charge in [-0.25, -0.2) is 4.98 Å². The van der Waals surface area contributed by atoms with Gasteiger partial charge in [-0.1, -0.05) is 0 Å². The Hall–Kier alpha value is -1.97. The van der Waals surface area contributed by atoms with E-state index in [1.54, 1.807) is 30.7 Å². The third-order valence-corrected chi connectivity index (χ3v) is 1.97. The lowest BCUT2D eigenvalue weighted by Crippen LogP contribution is -1.91. The van der Waals surface area contributed by atoms with E-state index in [9.17, 15) is 5.11 Å². The average Bonchev–Trinajstić information content (AvgIpc) is 2.71. The third kappa shape index (κ3) is 1.42. The van der Waals surface area contributed by atoms with Crippen LogP contribution in [-0.2, 0) is 0 Å². The molecule has 1 aromatic heterocycles. The normalized spacial score (nSPS) is 10.1. The van der Waals surface area contributed by atoms with Crippen LogP contribution in [0.2, 0.25) is 0 Å². The zero-order valence-corrected chi connectivity index (χ0v) is 7.71. The molecule has 0 fully saturated rings. The fraction of sp³-hybridized carbons (Fsp3) is 0.100. The maximum absolute atomic E-state index is 9.38. The Bertz CT molecular complexity index is 424. The van der Waals surface area contributed by atoms with E-state index < -0.39 is 0 Å². The molecule has 0 unspecified atom stereocenters. The Kier molecular flexibility index (Phi) is 2.10. The molecule has 0 aliphatic carbocycles. The number of phenols is 1. The molecule has 1 heterocycles. The molecule has 14 heavy (non-hydrogen) atoms. The van der Waals surface area contributed by atoms with Crippen LogP contribution in [0.15, 0.2) is 36.9 Å². The van der Waals surface area contributed by atoms with Gasteiger partial charge >= 0.3 is 0 Å². The van der Waals surface area contributed by atoms with Crippen molar-refractivity contribution in [2.24, 2.45) is 0 Å². The number of phenolic OH excluding ortho intramolecular Hbond substituents is 1. The maximum atomic E-state index is 9.38. The highest BCUT2D eigenvalue weighted by Crippen LogP contribution is 2.27. The topological polar surface area (TPSA) is 47.3 Å². The van der Waals surface area contributed by atoms with Gasteiger partial charge in [-0.2, -0.15) is 0 Å². The van der Waals surface area contributed by atoms with Crippen molar-refractivity contribution in [3.8, 4) is 17.2 Å². The summed E-state index contributed by atoms with van der Waals surface area (Å²) >= 11 is 0. The molecule has 4 nitrogen and oxygen atoms in total. The van der Waals surface area contributed by atoms with E-state index in [1.807, 2.05) is 10.8 Å². The summed E-state index contributed by atoms with van der Waals surface area (Å²) in [5.74, 6) is 0.590. The minimum atomic E-state index is 0.136. The number of methoxy groups -OCH3 is 1. The van der Waals surface area contributed by atoms with E-state index >= 15 is 0 Å². The molecule has 0 spiro atoms. The fourth-order valence-electron chi connectivity index (χ4n) is 1.24. The average molecular weight is 190 g/mol. The zero-order chi connectivity index (χ0) is 9.97. The molecule has 2 rings (SSSR count). The smallest absolute Gasteiger partial charge is 0.162 e. The van der Waals surface area contributed by atoms with Crippen molar-refractivity contribution in [1.29, 1.82) is 0 Å². The Balaban J connectivity index is 2.46. The van der Waals surface area contributed by atoms with E-state index in [1.165, 1.54) is 7.11 Å². The number of rotatable bonds is 2. The van der Waals surface area contributed by atoms with Crippen LogP contribution in [0.3, 0.4) is 0 Å². The molecule has 0 aliphatic heterocycles. The minimum Gasteiger partial charge on any atom is -0.504 e. The summed E-state index contributed by atoms with van der Waals surface area (Å²) in [5, 5.41) is 9.38. The van der Waals surface area contributed by atoms with Crippen LogP contribution < -0.4 is 4.74 Å². The molecule has 0 saturated carbocycles. The van der Waals surface area contributed by atoms with E-state index in [4.69, 9.17) is 4.74 Å². The Morgan fingerprint density at radius 2 is 2.29 bits per heavy atom. The third-order valence-electron chi connectivity index (χ3n) is 1.97. The van der Waals surface area contributed by atoms with Crippen molar-refractivity contribution in [1.82, 2.24) is 9.55 Å². The lowest BCUT2D eigenvalue weighted by molar-refractivity contribution is 0.373. The van der Waals surface area contributed by atoms with Gasteiger partial charge in [-0.15, -0.1) is 0 Å². The summed E-state index contributed by atoms with van der Waals surface area (Å²) in [5.41, 5.74) is 0.900. The predicted octanol–water partition coefficient (Wildman–Crippen LogP) is 1.59. The van der Waals surface area contributed by atoms with Crippen LogP contribution >= 0.6 is 0 Å². The number of hydrogen-bond acceptors (Lipinski definition) is 3. The second-order valence-electron chi connectivity index (χ2n) is 2.83. The first-order chi connectivity index (χ1) is 6.81. The summed E-state index contributed by atoms with van der Waals surface area (Å²) in [6.07, 6.45) is 5.21. The molecule has 0 bridgehead atoms. The van der Waals surface area contributed by atoms with Crippen molar-refractivity contribution in [3.05, 3.63) is 36.9 Å². The highest BCUT2D eigenvalue weighted by atomic mass is 16.5. The number of ether oxygens (including phenoxy) is 1. The van der Waals surface area contributed by atoms with Gasteiger partial charge in [0.1, 0.15) is 0 Å². The molecule has 72 valence electrons. The molecular formula is C10H10N2O2. The molecule has 1 N–H and O–H groups in total. The molecule has 0 atom stereocenters. The van der Waals surface area contributed by atoms with E-state index in [0.717, 1.165) is 5.69 Å². The number of hydrogen-bond donors (Lipinski definition) is 1. The van der Waals surface area contributed by atoms with Gasteiger partial charge in [0.25, 0.3) is 0 Å². The first kappa shape index (κ1) is 8.62. The van der Waals surface area contributed by atoms with Crippen LogP contribution in [-0.4, -0.2) is 21.8 Å². The van der Waals surface area contributed by atoms with Crippen molar-refractivity contribution >= 4 is 0 Å². The van der Waals surface area contributed by atoms with Crippen LogP contribution in [0.5, 0.6) is 11.5 Å².